The summed E-state index contributed by atoms with van der Waals surface area (Å²) in [5.74, 6) is -0.906. The van der Waals surface area contributed by atoms with Gasteiger partial charge < -0.3 is 20.3 Å². The summed E-state index contributed by atoms with van der Waals surface area (Å²) in [7, 11) is 1.50. The maximum Gasteiger partial charge on any atom is 0.259 e. The van der Waals surface area contributed by atoms with Gasteiger partial charge in [0.05, 0.1) is 23.4 Å². The van der Waals surface area contributed by atoms with E-state index in [1.807, 2.05) is 0 Å². The molecule has 0 heterocycles. The van der Waals surface area contributed by atoms with Gasteiger partial charge in [0.1, 0.15) is 5.75 Å². The lowest BCUT2D eigenvalue weighted by atomic mass is 10.1. The van der Waals surface area contributed by atoms with Crippen molar-refractivity contribution < 1.29 is 19.7 Å². The van der Waals surface area contributed by atoms with Crippen LogP contribution >= 0.6 is 11.6 Å². The number of hydrogen-bond donors (Lipinski definition) is 3. The summed E-state index contributed by atoms with van der Waals surface area (Å²) in [5, 5.41) is 21.9. The van der Waals surface area contributed by atoms with Crippen LogP contribution in [0.15, 0.2) is 36.4 Å². The largest absolute Gasteiger partial charge is 0.504 e. The molecule has 2 rings (SSSR count). The molecule has 0 aliphatic carbocycles. The van der Waals surface area contributed by atoms with E-state index < -0.39 is 11.7 Å². The smallest absolute Gasteiger partial charge is 0.259 e. The minimum atomic E-state index is -0.589. The molecule has 6 heteroatoms. The number of rotatable bonds is 3. The zero-order valence-electron chi connectivity index (χ0n) is 10.6. The van der Waals surface area contributed by atoms with E-state index in [0.717, 1.165) is 0 Å². The van der Waals surface area contributed by atoms with E-state index in [1.165, 1.54) is 25.3 Å². The van der Waals surface area contributed by atoms with Gasteiger partial charge in [0.25, 0.3) is 5.91 Å². The van der Waals surface area contributed by atoms with Crippen molar-refractivity contribution in [3.8, 4) is 17.2 Å². The highest BCUT2D eigenvalue weighted by molar-refractivity contribution is 6.34. The van der Waals surface area contributed by atoms with Gasteiger partial charge >= 0.3 is 0 Å². The van der Waals surface area contributed by atoms with Gasteiger partial charge in [-0.05, 0) is 24.3 Å². The van der Waals surface area contributed by atoms with Crippen LogP contribution in [0.2, 0.25) is 5.02 Å². The fourth-order valence-electron chi connectivity index (χ4n) is 1.63. The number of para-hydroxylation sites is 1. The number of amides is 1. The first-order valence-corrected chi connectivity index (χ1v) is 6.06. The average Bonchev–Trinajstić information content (AvgIpc) is 2.44. The van der Waals surface area contributed by atoms with E-state index in [2.05, 4.69) is 5.32 Å². The van der Waals surface area contributed by atoms with Crippen molar-refractivity contribution in [2.45, 2.75) is 0 Å². The highest BCUT2D eigenvalue weighted by Crippen LogP contribution is 2.31. The number of phenols is 2. The lowest BCUT2D eigenvalue weighted by Crippen LogP contribution is -2.12. The molecule has 1 amide bonds. The molecule has 0 aliphatic heterocycles. The molecule has 0 atom stereocenters. The SMILES string of the molecule is COc1ccc(Cl)c(NC(=O)c2cccc(O)c2O)c1. The highest BCUT2D eigenvalue weighted by Gasteiger charge is 2.15. The second-order valence-corrected chi connectivity index (χ2v) is 4.38. The molecule has 0 unspecified atom stereocenters. The number of aromatic hydroxyl groups is 2. The number of nitrogens with one attached hydrogen (secondary N) is 1. The number of anilines is 1. The third-order valence-corrected chi connectivity index (χ3v) is 3.01. The molecule has 0 spiro atoms. The molecule has 0 bridgehead atoms. The number of phenolic OH excluding ortho intramolecular Hbond substituents is 2. The fourth-order valence-corrected chi connectivity index (χ4v) is 1.80. The van der Waals surface area contributed by atoms with Crippen molar-refractivity contribution in [2.24, 2.45) is 0 Å². The monoisotopic (exact) mass is 293 g/mol. The summed E-state index contributed by atoms with van der Waals surface area (Å²) in [4.78, 5) is 12.1. The Kier molecular flexibility index (Phi) is 4.00. The first kappa shape index (κ1) is 14.0. The number of benzene rings is 2. The predicted molar refractivity (Wildman–Crippen MR) is 75.7 cm³/mol. The second kappa shape index (κ2) is 5.71. The van der Waals surface area contributed by atoms with E-state index in [1.54, 1.807) is 18.2 Å². The molecule has 20 heavy (non-hydrogen) atoms. The standard InChI is InChI=1S/C14H12ClNO4/c1-20-8-5-6-10(15)11(7-8)16-14(19)9-3-2-4-12(17)13(9)18/h2-7,17-18H,1H3,(H,16,19). The summed E-state index contributed by atoms with van der Waals surface area (Å²) in [6.45, 7) is 0. The Morgan fingerprint density at radius 3 is 2.70 bits per heavy atom. The number of carbonyl (C=O) groups excluding carboxylic acids is 1. The van der Waals surface area contributed by atoms with Crippen LogP contribution in [0.4, 0.5) is 5.69 Å². The van der Waals surface area contributed by atoms with Crippen LogP contribution in [0.3, 0.4) is 0 Å². The predicted octanol–water partition coefficient (Wildman–Crippen LogP) is 3.01. The Bertz CT molecular complexity index is 658. The van der Waals surface area contributed by atoms with E-state index in [-0.39, 0.29) is 11.3 Å². The molecular formula is C14H12ClNO4. The molecule has 104 valence electrons. The number of carbonyl (C=O) groups is 1. The zero-order chi connectivity index (χ0) is 14.7. The molecule has 5 nitrogen and oxygen atoms in total. The molecule has 2 aromatic rings. The summed E-state index contributed by atoms with van der Waals surface area (Å²) < 4.78 is 5.04. The van der Waals surface area contributed by atoms with Crippen LogP contribution in [0, 0.1) is 0 Å². The zero-order valence-corrected chi connectivity index (χ0v) is 11.3. The van der Waals surface area contributed by atoms with E-state index >= 15 is 0 Å². The quantitative estimate of drug-likeness (QED) is 0.760. The molecule has 3 N–H and O–H groups in total. The summed E-state index contributed by atoms with van der Waals surface area (Å²) in [6, 6.07) is 8.92. The number of methoxy groups -OCH3 is 1. The topological polar surface area (TPSA) is 78.8 Å². The molecule has 2 aromatic carbocycles. The Labute approximate surface area is 120 Å². The third kappa shape index (κ3) is 2.78. The summed E-state index contributed by atoms with van der Waals surface area (Å²) in [6.07, 6.45) is 0. The van der Waals surface area contributed by atoms with Crippen LogP contribution in [-0.2, 0) is 0 Å². The fraction of sp³-hybridized carbons (Fsp3) is 0.0714. The van der Waals surface area contributed by atoms with Gasteiger partial charge in [-0.1, -0.05) is 17.7 Å². The molecule has 0 saturated carbocycles. The van der Waals surface area contributed by atoms with Crippen molar-refractivity contribution in [3.63, 3.8) is 0 Å². The van der Waals surface area contributed by atoms with Gasteiger partial charge in [0.15, 0.2) is 11.5 Å². The minimum Gasteiger partial charge on any atom is -0.504 e. The van der Waals surface area contributed by atoms with Crippen LogP contribution < -0.4 is 10.1 Å². The lowest BCUT2D eigenvalue weighted by Gasteiger charge is -2.10. The highest BCUT2D eigenvalue weighted by atomic mass is 35.5. The van der Waals surface area contributed by atoms with Gasteiger partial charge in [-0.25, -0.2) is 0 Å². The number of hydrogen-bond acceptors (Lipinski definition) is 4. The average molecular weight is 294 g/mol. The first-order chi connectivity index (χ1) is 9.52. The van der Waals surface area contributed by atoms with Gasteiger partial charge in [-0.2, -0.15) is 0 Å². The Morgan fingerprint density at radius 1 is 1.25 bits per heavy atom. The van der Waals surface area contributed by atoms with Crippen LogP contribution in [0.25, 0.3) is 0 Å². The van der Waals surface area contributed by atoms with Gasteiger partial charge in [-0.3, -0.25) is 4.79 Å². The first-order valence-electron chi connectivity index (χ1n) is 5.68. The maximum atomic E-state index is 12.1. The van der Waals surface area contributed by atoms with Crippen molar-refractivity contribution in [1.82, 2.24) is 0 Å². The molecule has 0 aromatic heterocycles. The summed E-state index contributed by atoms with van der Waals surface area (Å²) in [5.41, 5.74) is 0.294. The molecule has 0 fully saturated rings. The molecule has 0 saturated heterocycles. The Hall–Kier alpha value is -2.40. The maximum absolute atomic E-state index is 12.1. The van der Waals surface area contributed by atoms with Crippen molar-refractivity contribution in [2.75, 3.05) is 12.4 Å². The van der Waals surface area contributed by atoms with Gasteiger partial charge in [0, 0.05) is 6.07 Å². The van der Waals surface area contributed by atoms with Crippen molar-refractivity contribution in [1.29, 1.82) is 0 Å². The van der Waals surface area contributed by atoms with Crippen LogP contribution in [0.5, 0.6) is 17.2 Å². The van der Waals surface area contributed by atoms with Crippen LogP contribution in [-0.4, -0.2) is 23.2 Å². The van der Waals surface area contributed by atoms with E-state index in [0.29, 0.717) is 16.5 Å². The summed E-state index contributed by atoms with van der Waals surface area (Å²) >= 11 is 5.97. The number of ether oxygens (including phenoxy) is 1. The second-order valence-electron chi connectivity index (χ2n) is 3.97. The Balaban J connectivity index is 2.30. The number of halogens is 1. The van der Waals surface area contributed by atoms with E-state index in [9.17, 15) is 15.0 Å². The Morgan fingerprint density at radius 2 is 2.00 bits per heavy atom. The normalized spacial score (nSPS) is 10.1. The molecule has 0 aliphatic rings. The molecule has 0 radical (unpaired) electrons. The van der Waals surface area contributed by atoms with Crippen LogP contribution in [0.1, 0.15) is 10.4 Å². The third-order valence-electron chi connectivity index (χ3n) is 2.68. The van der Waals surface area contributed by atoms with E-state index in [4.69, 9.17) is 16.3 Å². The van der Waals surface area contributed by atoms with Crippen molar-refractivity contribution >= 4 is 23.2 Å². The lowest BCUT2D eigenvalue weighted by molar-refractivity contribution is 0.102. The van der Waals surface area contributed by atoms with Gasteiger partial charge in [-0.15, -0.1) is 0 Å². The van der Waals surface area contributed by atoms with Crippen molar-refractivity contribution in [3.05, 3.63) is 47.0 Å². The van der Waals surface area contributed by atoms with Gasteiger partial charge in [0.2, 0.25) is 0 Å². The molecular weight excluding hydrogens is 282 g/mol. The minimum absolute atomic E-state index is 0.0520.